The Morgan fingerprint density at radius 2 is 2.04 bits per heavy atom. The highest BCUT2D eigenvalue weighted by Crippen LogP contribution is 2.39. The van der Waals surface area contributed by atoms with Crippen molar-refractivity contribution < 1.29 is 4.79 Å². The molecule has 1 aliphatic heterocycles. The van der Waals surface area contributed by atoms with E-state index in [9.17, 15) is 4.79 Å². The number of aromatic nitrogens is 1. The first-order chi connectivity index (χ1) is 12.2. The summed E-state index contributed by atoms with van der Waals surface area (Å²) in [6.45, 7) is 1.59. The van der Waals surface area contributed by atoms with Gasteiger partial charge in [0.05, 0.1) is 5.69 Å². The van der Waals surface area contributed by atoms with Crippen molar-refractivity contribution in [3.63, 3.8) is 0 Å². The van der Waals surface area contributed by atoms with Crippen molar-refractivity contribution in [1.82, 2.24) is 15.2 Å². The van der Waals surface area contributed by atoms with E-state index >= 15 is 0 Å². The zero-order valence-corrected chi connectivity index (χ0v) is 14.9. The molecule has 0 bridgehead atoms. The van der Waals surface area contributed by atoms with Crippen LogP contribution in [0.1, 0.15) is 11.9 Å². The second-order valence-corrected chi connectivity index (χ2v) is 6.73. The molecule has 4 nitrogen and oxygen atoms in total. The fraction of sp³-hybridized carbons (Fsp3) is 0.211. The molecule has 1 aromatic heterocycles. The number of amides is 1. The van der Waals surface area contributed by atoms with Crippen LogP contribution in [-0.4, -0.2) is 22.9 Å². The van der Waals surface area contributed by atoms with Crippen molar-refractivity contribution in [3.05, 3.63) is 59.2 Å². The van der Waals surface area contributed by atoms with Gasteiger partial charge in [-0.2, -0.15) is 0 Å². The highest BCUT2D eigenvalue weighted by Gasteiger charge is 2.28. The Morgan fingerprint density at radius 3 is 2.80 bits per heavy atom. The monoisotopic (exact) mass is 373 g/mol. The van der Waals surface area contributed by atoms with E-state index in [1.165, 1.54) is 0 Å². The second kappa shape index (κ2) is 6.71. The minimum Gasteiger partial charge on any atom is -0.340 e. The van der Waals surface area contributed by atoms with E-state index in [1.54, 1.807) is 0 Å². The Labute approximate surface area is 155 Å². The topological polar surface area (TPSA) is 46.1 Å². The standard InChI is InChI=1S/C19H17Cl2N3O/c20-11-16(25)23-19-18-17(12-4-2-1-3-5-12)14-10-13(21)6-7-15(14)24(18)9-8-22-19/h1-7,10,19,22H,8-9,11H2,(H,23,25). The first-order valence-corrected chi connectivity index (χ1v) is 9.06. The molecule has 3 aromatic rings. The van der Waals surface area contributed by atoms with Crippen molar-refractivity contribution >= 4 is 40.0 Å². The lowest BCUT2D eigenvalue weighted by atomic mass is 10.0. The van der Waals surface area contributed by atoms with Crippen molar-refractivity contribution in [2.75, 3.05) is 12.4 Å². The molecule has 1 unspecified atom stereocenters. The van der Waals surface area contributed by atoms with Crippen LogP contribution in [0.5, 0.6) is 0 Å². The number of rotatable bonds is 3. The van der Waals surface area contributed by atoms with Gasteiger partial charge in [-0.3, -0.25) is 10.1 Å². The molecule has 1 aliphatic rings. The van der Waals surface area contributed by atoms with E-state index in [0.29, 0.717) is 5.02 Å². The van der Waals surface area contributed by atoms with Gasteiger partial charge in [0.2, 0.25) is 5.91 Å². The van der Waals surface area contributed by atoms with E-state index in [0.717, 1.165) is 40.8 Å². The van der Waals surface area contributed by atoms with Gasteiger partial charge >= 0.3 is 0 Å². The molecule has 2 heterocycles. The Kier molecular flexibility index (Phi) is 4.42. The summed E-state index contributed by atoms with van der Waals surface area (Å²) in [4.78, 5) is 11.9. The second-order valence-electron chi connectivity index (χ2n) is 6.03. The van der Waals surface area contributed by atoms with Crippen LogP contribution in [0, 0.1) is 0 Å². The molecule has 0 spiro atoms. The number of carbonyl (C=O) groups excluding carboxylic acids is 1. The summed E-state index contributed by atoms with van der Waals surface area (Å²) in [5.74, 6) is -0.264. The zero-order chi connectivity index (χ0) is 17.4. The number of hydrogen-bond donors (Lipinski definition) is 2. The first kappa shape index (κ1) is 16.5. The van der Waals surface area contributed by atoms with Crippen LogP contribution in [0.25, 0.3) is 22.0 Å². The minimum absolute atomic E-state index is 0.0646. The van der Waals surface area contributed by atoms with Gasteiger partial charge in [0.1, 0.15) is 12.0 Å². The molecule has 1 amide bonds. The highest BCUT2D eigenvalue weighted by atomic mass is 35.5. The largest absolute Gasteiger partial charge is 0.340 e. The summed E-state index contributed by atoms with van der Waals surface area (Å²) in [7, 11) is 0. The predicted octanol–water partition coefficient (Wildman–Crippen LogP) is 3.92. The van der Waals surface area contributed by atoms with Gasteiger partial charge < -0.3 is 9.88 Å². The number of nitrogens with zero attached hydrogens (tertiary/aromatic N) is 1. The van der Waals surface area contributed by atoms with Crippen LogP contribution in [0.2, 0.25) is 5.02 Å². The van der Waals surface area contributed by atoms with Crippen molar-refractivity contribution in [1.29, 1.82) is 0 Å². The lowest BCUT2D eigenvalue weighted by molar-refractivity contribution is -0.119. The molecule has 1 atom stereocenters. The van der Waals surface area contributed by atoms with Crippen molar-refractivity contribution in [2.24, 2.45) is 0 Å². The Hall–Kier alpha value is -2.01. The number of nitrogens with one attached hydrogen (secondary N) is 2. The molecule has 0 aliphatic carbocycles. The number of alkyl halides is 1. The van der Waals surface area contributed by atoms with E-state index in [1.807, 2.05) is 36.4 Å². The number of halogens is 2. The Morgan fingerprint density at radius 1 is 1.24 bits per heavy atom. The maximum atomic E-state index is 11.9. The zero-order valence-electron chi connectivity index (χ0n) is 13.4. The van der Waals surface area contributed by atoms with Crippen molar-refractivity contribution in [3.8, 4) is 11.1 Å². The van der Waals surface area contributed by atoms with E-state index in [4.69, 9.17) is 23.2 Å². The number of fused-ring (bicyclic) bond motifs is 3. The molecule has 0 fully saturated rings. The molecule has 2 N–H and O–H groups in total. The van der Waals surface area contributed by atoms with E-state index in [2.05, 4.69) is 27.3 Å². The maximum Gasteiger partial charge on any atom is 0.236 e. The van der Waals surface area contributed by atoms with Gasteiger partial charge in [-0.05, 0) is 23.8 Å². The van der Waals surface area contributed by atoms with Crippen LogP contribution >= 0.6 is 23.2 Å². The average Bonchev–Trinajstić information content (AvgIpc) is 2.96. The Balaban J connectivity index is 1.99. The summed E-state index contributed by atoms with van der Waals surface area (Å²) in [5.41, 5.74) is 4.33. The fourth-order valence-electron chi connectivity index (χ4n) is 3.53. The SMILES string of the molecule is O=C(CCl)NC1NCCn2c1c(-c1ccccc1)c1cc(Cl)ccc12. The third kappa shape index (κ3) is 2.91. The van der Waals surface area contributed by atoms with Gasteiger partial charge in [0.25, 0.3) is 0 Å². The molecule has 6 heteroatoms. The quantitative estimate of drug-likeness (QED) is 0.683. The van der Waals surface area contributed by atoms with Gasteiger partial charge in [-0.1, -0.05) is 41.9 Å². The molecular formula is C19H17Cl2N3O. The normalized spacial score (nSPS) is 16.6. The van der Waals surface area contributed by atoms with Crippen molar-refractivity contribution in [2.45, 2.75) is 12.7 Å². The van der Waals surface area contributed by atoms with Gasteiger partial charge in [0, 0.05) is 34.6 Å². The third-order valence-electron chi connectivity index (χ3n) is 4.51. The molecule has 4 rings (SSSR count). The highest BCUT2D eigenvalue weighted by molar-refractivity contribution is 6.31. The van der Waals surface area contributed by atoms with E-state index in [-0.39, 0.29) is 18.0 Å². The first-order valence-electron chi connectivity index (χ1n) is 8.15. The predicted molar refractivity (Wildman–Crippen MR) is 102 cm³/mol. The molecule has 25 heavy (non-hydrogen) atoms. The van der Waals surface area contributed by atoms with Crippen LogP contribution in [-0.2, 0) is 11.3 Å². The lowest BCUT2D eigenvalue weighted by Gasteiger charge is -2.28. The molecule has 128 valence electrons. The lowest BCUT2D eigenvalue weighted by Crippen LogP contribution is -2.44. The average molecular weight is 374 g/mol. The minimum atomic E-state index is -0.290. The molecule has 0 saturated heterocycles. The van der Waals surface area contributed by atoms with Crippen LogP contribution in [0.15, 0.2) is 48.5 Å². The van der Waals surface area contributed by atoms with E-state index < -0.39 is 0 Å². The fourth-order valence-corrected chi connectivity index (χ4v) is 3.78. The van der Waals surface area contributed by atoms with Gasteiger partial charge in [0.15, 0.2) is 0 Å². The number of benzene rings is 2. The molecule has 0 saturated carbocycles. The smallest absolute Gasteiger partial charge is 0.236 e. The van der Waals surface area contributed by atoms with Crippen LogP contribution in [0.3, 0.4) is 0 Å². The van der Waals surface area contributed by atoms with Gasteiger partial charge in [-0.25, -0.2) is 0 Å². The summed E-state index contributed by atoms with van der Waals surface area (Å²) >= 11 is 12.0. The third-order valence-corrected chi connectivity index (χ3v) is 4.99. The number of carbonyl (C=O) groups is 1. The van der Waals surface area contributed by atoms with Gasteiger partial charge in [-0.15, -0.1) is 11.6 Å². The number of hydrogen-bond acceptors (Lipinski definition) is 2. The maximum absolute atomic E-state index is 11.9. The summed E-state index contributed by atoms with van der Waals surface area (Å²) in [5, 5.41) is 8.14. The Bertz CT molecular complexity index is 937. The molecule has 2 aromatic carbocycles. The summed E-state index contributed by atoms with van der Waals surface area (Å²) in [6.07, 6.45) is -0.290. The van der Waals surface area contributed by atoms with Crippen LogP contribution in [0.4, 0.5) is 0 Å². The summed E-state index contributed by atoms with van der Waals surface area (Å²) in [6, 6.07) is 16.1. The molecule has 0 radical (unpaired) electrons. The van der Waals surface area contributed by atoms with Crippen LogP contribution < -0.4 is 10.6 Å². The molecular weight excluding hydrogens is 357 g/mol. The summed E-state index contributed by atoms with van der Waals surface area (Å²) < 4.78 is 2.25.